The van der Waals surface area contributed by atoms with Crippen molar-refractivity contribution in [3.05, 3.63) is 36.4 Å². The summed E-state index contributed by atoms with van der Waals surface area (Å²) < 4.78 is 5.20. The molecule has 1 aromatic carbocycles. The topological polar surface area (TPSA) is 75.7 Å². The van der Waals surface area contributed by atoms with E-state index in [1.165, 1.54) is 12.0 Å². The number of carbonyl (C=O) groups is 3. The highest BCUT2D eigenvalue weighted by molar-refractivity contribution is 6.06. The second-order valence-corrected chi connectivity index (χ2v) is 6.83. The van der Waals surface area contributed by atoms with E-state index in [0.29, 0.717) is 11.4 Å². The summed E-state index contributed by atoms with van der Waals surface area (Å²) in [4.78, 5) is 38.6. The summed E-state index contributed by atoms with van der Waals surface area (Å²) in [6, 6.07) is 7.12. The maximum absolute atomic E-state index is 12.6. The van der Waals surface area contributed by atoms with Crippen LogP contribution in [0.5, 0.6) is 5.75 Å². The number of benzene rings is 1. The average Bonchev–Trinajstić information content (AvgIpc) is 3.28. The van der Waals surface area contributed by atoms with Crippen molar-refractivity contribution in [2.24, 2.45) is 23.7 Å². The number of nitrogens with one attached hydrogen (secondary N) is 1. The molecule has 0 aromatic heterocycles. The fraction of sp³-hybridized carbons (Fsp3) is 0.421. The summed E-state index contributed by atoms with van der Waals surface area (Å²) in [6.45, 7) is 0.130. The van der Waals surface area contributed by atoms with Gasteiger partial charge in [-0.25, -0.2) is 0 Å². The van der Waals surface area contributed by atoms with Gasteiger partial charge in [0.15, 0.2) is 0 Å². The Morgan fingerprint density at radius 1 is 1.16 bits per heavy atom. The molecule has 1 saturated carbocycles. The zero-order chi connectivity index (χ0) is 17.6. The lowest BCUT2D eigenvalue weighted by atomic mass is 9.85. The first-order valence-corrected chi connectivity index (χ1v) is 8.56. The standard InChI is InChI=1S/C19H20N2O4/c1-25-14-5-3-2-4-13(14)20-15(22)8-9-21-18(23)16-11-6-7-12(10-11)17(16)19(21)24/h2-7,11-12,16-17H,8-10H2,1H3,(H,20,22)/t11-,12-,16-,17-/m0/s1. The predicted molar refractivity (Wildman–Crippen MR) is 90.7 cm³/mol. The quantitative estimate of drug-likeness (QED) is 0.655. The summed E-state index contributed by atoms with van der Waals surface area (Å²) >= 11 is 0. The van der Waals surface area contributed by atoms with Crippen molar-refractivity contribution in [2.75, 3.05) is 19.0 Å². The number of allylic oxidation sites excluding steroid dienone is 2. The molecule has 1 aromatic rings. The van der Waals surface area contributed by atoms with Crippen LogP contribution >= 0.6 is 0 Å². The highest BCUT2D eigenvalue weighted by atomic mass is 16.5. The Kier molecular flexibility index (Phi) is 3.82. The number of nitrogens with zero attached hydrogens (tertiary/aromatic N) is 1. The van der Waals surface area contributed by atoms with Gasteiger partial charge in [0.25, 0.3) is 0 Å². The van der Waals surface area contributed by atoms with Gasteiger partial charge in [0.1, 0.15) is 5.75 Å². The Labute approximate surface area is 145 Å². The molecule has 4 rings (SSSR count). The van der Waals surface area contributed by atoms with Crippen LogP contribution in [0.3, 0.4) is 0 Å². The molecule has 1 saturated heterocycles. The first kappa shape index (κ1) is 15.9. The van der Waals surface area contributed by atoms with Gasteiger partial charge in [0.05, 0.1) is 24.6 Å². The first-order valence-electron chi connectivity index (χ1n) is 8.56. The number of hydrogen-bond donors (Lipinski definition) is 1. The van der Waals surface area contributed by atoms with Crippen LogP contribution in [-0.4, -0.2) is 36.3 Å². The number of methoxy groups -OCH3 is 1. The molecule has 4 atom stereocenters. The third-order valence-electron chi connectivity index (χ3n) is 5.51. The van der Waals surface area contributed by atoms with E-state index in [-0.39, 0.29) is 54.4 Å². The number of imide groups is 1. The zero-order valence-corrected chi connectivity index (χ0v) is 14.0. The van der Waals surface area contributed by atoms with Gasteiger partial charge >= 0.3 is 0 Å². The average molecular weight is 340 g/mol. The van der Waals surface area contributed by atoms with Gasteiger partial charge in [-0.3, -0.25) is 19.3 Å². The van der Waals surface area contributed by atoms with Crippen LogP contribution in [0.4, 0.5) is 5.69 Å². The summed E-state index contributed by atoms with van der Waals surface area (Å²) in [5, 5.41) is 2.77. The molecular weight excluding hydrogens is 320 g/mol. The van der Waals surface area contributed by atoms with E-state index in [2.05, 4.69) is 17.5 Å². The first-order chi connectivity index (χ1) is 12.1. The second kappa shape index (κ2) is 6.02. The van der Waals surface area contributed by atoms with Crippen LogP contribution in [0.15, 0.2) is 36.4 Å². The molecule has 6 heteroatoms. The molecule has 0 unspecified atom stereocenters. The van der Waals surface area contributed by atoms with Gasteiger partial charge in [-0.15, -0.1) is 0 Å². The van der Waals surface area contributed by atoms with Gasteiger partial charge in [0.2, 0.25) is 17.7 Å². The Balaban J connectivity index is 1.38. The third-order valence-corrected chi connectivity index (χ3v) is 5.51. The van der Waals surface area contributed by atoms with E-state index in [0.717, 1.165) is 6.42 Å². The summed E-state index contributed by atoms with van der Waals surface area (Å²) in [5.41, 5.74) is 0.577. The van der Waals surface area contributed by atoms with Crippen LogP contribution < -0.4 is 10.1 Å². The molecule has 0 spiro atoms. The number of likely N-dealkylation sites (tertiary alicyclic amines) is 1. The Hall–Kier alpha value is -2.63. The molecule has 130 valence electrons. The lowest BCUT2D eigenvalue weighted by Gasteiger charge is -2.17. The Morgan fingerprint density at radius 2 is 1.80 bits per heavy atom. The smallest absolute Gasteiger partial charge is 0.233 e. The highest BCUT2D eigenvalue weighted by Gasteiger charge is 2.58. The van der Waals surface area contributed by atoms with Crippen molar-refractivity contribution in [1.82, 2.24) is 4.90 Å². The van der Waals surface area contributed by atoms with Crippen LogP contribution in [-0.2, 0) is 14.4 Å². The predicted octanol–water partition coefficient (Wildman–Crippen LogP) is 1.83. The van der Waals surface area contributed by atoms with Crippen molar-refractivity contribution >= 4 is 23.4 Å². The summed E-state index contributed by atoms with van der Waals surface area (Å²) in [6.07, 6.45) is 5.12. The van der Waals surface area contributed by atoms with Crippen molar-refractivity contribution in [2.45, 2.75) is 12.8 Å². The van der Waals surface area contributed by atoms with Crippen LogP contribution in [0, 0.1) is 23.7 Å². The number of hydrogen-bond acceptors (Lipinski definition) is 4. The van der Waals surface area contributed by atoms with E-state index >= 15 is 0 Å². The molecule has 2 aliphatic carbocycles. The molecule has 1 heterocycles. The Morgan fingerprint density at radius 3 is 2.44 bits per heavy atom. The minimum Gasteiger partial charge on any atom is -0.495 e. The lowest BCUT2D eigenvalue weighted by molar-refractivity contribution is -0.140. The van der Waals surface area contributed by atoms with E-state index in [4.69, 9.17) is 4.74 Å². The van der Waals surface area contributed by atoms with E-state index < -0.39 is 0 Å². The number of fused-ring (bicyclic) bond motifs is 5. The number of carbonyl (C=O) groups excluding carboxylic acids is 3. The number of ether oxygens (including phenoxy) is 1. The molecule has 6 nitrogen and oxygen atoms in total. The lowest BCUT2D eigenvalue weighted by Crippen LogP contribution is -2.35. The van der Waals surface area contributed by atoms with E-state index in [9.17, 15) is 14.4 Å². The maximum atomic E-state index is 12.6. The molecular formula is C19H20N2O4. The molecule has 25 heavy (non-hydrogen) atoms. The fourth-order valence-electron chi connectivity index (χ4n) is 4.36. The molecule has 3 amide bonds. The van der Waals surface area contributed by atoms with Crippen LogP contribution in [0.1, 0.15) is 12.8 Å². The molecule has 1 aliphatic heterocycles. The summed E-state index contributed by atoms with van der Waals surface area (Å²) in [5.74, 6) is 0.0655. The van der Waals surface area contributed by atoms with Crippen molar-refractivity contribution in [3.8, 4) is 5.75 Å². The van der Waals surface area contributed by atoms with Gasteiger partial charge in [-0.05, 0) is 30.4 Å². The second-order valence-electron chi connectivity index (χ2n) is 6.83. The number of anilines is 1. The number of rotatable bonds is 5. The minimum absolute atomic E-state index is 0.0811. The molecule has 2 fully saturated rings. The minimum atomic E-state index is -0.247. The van der Waals surface area contributed by atoms with Gasteiger partial charge in [-0.1, -0.05) is 24.3 Å². The van der Waals surface area contributed by atoms with Gasteiger partial charge in [-0.2, -0.15) is 0 Å². The SMILES string of the molecule is COc1ccccc1NC(=O)CCN1C(=O)[C@@H]2[C@@H](C1=O)[C@H]1C=C[C@H]2C1. The number of para-hydroxylation sites is 2. The normalized spacial score (nSPS) is 29.2. The van der Waals surface area contributed by atoms with Crippen molar-refractivity contribution < 1.29 is 19.1 Å². The number of amides is 3. The Bertz CT molecular complexity index is 742. The van der Waals surface area contributed by atoms with E-state index in [1.54, 1.807) is 18.2 Å². The molecule has 0 radical (unpaired) electrons. The fourth-order valence-corrected chi connectivity index (χ4v) is 4.36. The highest BCUT2D eigenvalue weighted by Crippen LogP contribution is 2.52. The molecule has 2 bridgehead atoms. The van der Waals surface area contributed by atoms with Crippen LogP contribution in [0.25, 0.3) is 0 Å². The third kappa shape index (κ3) is 2.52. The maximum Gasteiger partial charge on any atom is 0.233 e. The van der Waals surface area contributed by atoms with Crippen molar-refractivity contribution in [1.29, 1.82) is 0 Å². The zero-order valence-electron chi connectivity index (χ0n) is 14.0. The van der Waals surface area contributed by atoms with Crippen LogP contribution in [0.2, 0.25) is 0 Å². The monoisotopic (exact) mass is 340 g/mol. The van der Waals surface area contributed by atoms with E-state index in [1.807, 2.05) is 6.07 Å². The molecule has 1 N–H and O–H groups in total. The van der Waals surface area contributed by atoms with Crippen molar-refractivity contribution in [3.63, 3.8) is 0 Å². The molecule has 3 aliphatic rings. The largest absolute Gasteiger partial charge is 0.495 e. The van der Waals surface area contributed by atoms with Gasteiger partial charge in [0, 0.05) is 13.0 Å². The summed E-state index contributed by atoms with van der Waals surface area (Å²) in [7, 11) is 1.54. The van der Waals surface area contributed by atoms with Gasteiger partial charge < -0.3 is 10.1 Å².